The molecule has 64 valence electrons. The van der Waals surface area contributed by atoms with Crippen molar-refractivity contribution in [1.82, 2.24) is 0 Å². The van der Waals surface area contributed by atoms with Gasteiger partial charge in [0.15, 0.2) is 0 Å². The Balaban J connectivity index is 3.20. The Labute approximate surface area is 73.9 Å². The number of nitrogens with two attached hydrogens (primary N) is 1. The standard InChI is InChI=1S/C11H15N/c1-4-9-7-10(12)5-6-11(9)8(2)3/h5-7H,2,4,12H2,1,3H3. The molecule has 0 aliphatic rings. The fourth-order valence-electron chi connectivity index (χ4n) is 1.32. The van der Waals surface area contributed by atoms with Crippen molar-refractivity contribution in [3.05, 3.63) is 35.9 Å². The van der Waals surface area contributed by atoms with Gasteiger partial charge in [0.2, 0.25) is 0 Å². The lowest BCUT2D eigenvalue weighted by atomic mass is 9.99. The maximum atomic E-state index is 5.67. The normalized spacial score (nSPS) is 9.83. The smallest absolute Gasteiger partial charge is 0.0317 e. The highest BCUT2D eigenvalue weighted by molar-refractivity contribution is 5.66. The second kappa shape index (κ2) is 3.44. The van der Waals surface area contributed by atoms with Crippen LogP contribution in [0.5, 0.6) is 0 Å². The molecule has 0 bridgehead atoms. The lowest BCUT2D eigenvalue weighted by Gasteiger charge is -2.07. The molecule has 0 aliphatic carbocycles. The summed E-state index contributed by atoms with van der Waals surface area (Å²) in [5.74, 6) is 0. The van der Waals surface area contributed by atoms with Gasteiger partial charge >= 0.3 is 0 Å². The van der Waals surface area contributed by atoms with E-state index in [1.165, 1.54) is 11.1 Å². The molecule has 0 atom stereocenters. The summed E-state index contributed by atoms with van der Waals surface area (Å²) in [6.07, 6.45) is 1.01. The van der Waals surface area contributed by atoms with E-state index >= 15 is 0 Å². The first-order chi connectivity index (χ1) is 5.65. The molecule has 0 saturated heterocycles. The van der Waals surface area contributed by atoms with E-state index in [1.54, 1.807) is 0 Å². The van der Waals surface area contributed by atoms with Crippen LogP contribution in [0, 0.1) is 0 Å². The fourth-order valence-corrected chi connectivity index (χ4v) is 1.32. The molecule has 0 saturated carbocycles. The third-order valence-electron chi connectivity index (χ3n) is 1.97. The average molecular weight is 161 g/mol. The molecule has 0 amide bonds. The van der Waals surface area contributed by atoms with Gasteiger partial charge in [-0.2, -0.15) is 0 Å². The molecule has 1 nitrogen and oxygen atoms in total. The van der Waals surface area contributed by atoms with Crippen LogP contribution in [-0.2, 0) is 6.42 Å². The summed E-state index contributed by atoms with van der Waals surface area (Å²) >= 11 is 0. The number of rotatable bonds is 2. The number of anilines is 1. The highest BCUT2D eigenvalue weighted by Crippen LogP contribution is 2.20. The van der Waals surface area contributed by atoms with Crippen molar-refractivity contribution in [1.29, 1.82) is 0 Å². The minimum absolute atomic E-state index is 0.830. The zero-order valence-electron chi connectivity index (χ0n) is 7.72. The predicted octanol–water partition coefficient (Wildman–Crippen LogP) is 2.86. The van der Waals surface area contributed by atoms with Crippen molar-refractivity contribution in [2.45, 2.75) is 20.3 Å². The summed E-state index contributed by atoms with van der Waals surface area (Å²) in [4.78, 5) is 0. The Morgan fingerprint density at radius 1 is 1.50 bits per heavy atom. The van der Waals surface area contributed by atoms with Crippen LogP contribution in [0.1, 0.15) is 25.0 Å². The molecule has 1 aromatic carbocycles. The van der Waals surface area contributed by atoms with Crippen LogP contribution >= 0.6 is 0 Å². The van der Waals surface area contributed by atoms with Crippen LogP contribution in [0.4, 0.5) is 5.69 Å². The van der Waals surface area contributed by atoms with Crippen molar-refractivity contribution in [3.63, 3.8) is 0 Å². The largest absolute Gasteiger partial charge is 0.399 e. The molecule has 0 heterocycles. The highest BCUT2D eigenvalue weighted by Gasteiger charge is 2.00. The zero-order chi connectivity index (χ0) is 9.14. The summed E-state index contributed by atoms with van der Waals surface area (Å²) in [5.41, 5.74) is 10.1. The monoisotopic (exact) mass is 161 g/mol. The number of allylic oxidation sites excluding steroid dienone is 1. The van der Waals surface area contributed by atoms with E-state index < -0.39 is 0 Å². The van der Waals surface area contributed by atoms with Crippen LogP contribution in [0.25, 0.3) is 5.57 Å². The van der Waals surface area contributed by atoms with Crippen molar-refractivity contribution in [2.24, 2.45) is 0 Å². The van der Waals surface area contributed by atoms with Crippen LogP contribution < -0.4 is 5.73 Å². The number of nitrogen functional groups attached to an aromatic ring is 1. The number of hydrogen-bond donors (Lipinski definition) is 1. The predicted molar refractivity (Wildman–Crippen MR) is 54.9 cm³/mol. The fraction of sp³-hybridized carbons (Fsp3) is 0.273. The summed E-state index contributed by atoms with van der Waals surface area (Å²) in [6, 6.07) is 5.98. The van der Waals surface area contributed by atoms with E-state index in [9.17, 15) is 0 Å². The second-order valence-electron chi connectivity index (χ2n) is 3.05. The first-order valence-electron chi connectivity index (χ1n) is 4.19. The van der Waals surface area contributed by atoms with Gasteiger partial charge in [-0.15, -0.1) is 0 Å². The van der Waals surface area contributed by atoms with Gasteiger partial charge in [-0.25, -0.2) is 0 Å². The molecular weight excluding hydrogens is 146 g/mol. The molecule has 1 rings (SSSR count). The van der Waals surface area contributed by atoms with Crippen LogP contribution in [0.3, 0.4) is 0 Å². The lowest BCUT2D eigenvalue weighted by Crippen LogP contribution is -1.92. The van der Waals surface area contributed by atoms with Gasteiger partial charge < -0.3 is 5.73 Å². The maximum Gasteiger partial charge on any atom is 0.0317 e. The molecular formula is C11H15N. The van der Waals surface area contributed by atoms with E-state index in [4.69, 9.17) is 5.73 Å². The van der Waals surface area contributed by atoms with E-state index in [-0.39, 0.29) is 0 Å². The molecule has 0 fully saturated rings. The van der Waals surface area contributed by atoms with Gasteiger partial charge in [0.1, 0.15) is 0 Å². The lowest BCUT2D eigenvalue weighted by molar-refractivity contribution is 1.13. The molecule has 0 aromatic heterocycles. The number of hydrogen-bond acceptors (Lipinski definition) is 1. The Morgan fingerprint density at radius 2 is 2.17 bits per heavy atom. The molecule has 0 spiro atoms. The van der Waals surface area contributed by atoms with Crippen LogP contribution in [-0.4, -0.2) is 0 Å². The van der Waals surface area contributed by atoms with E-state index in [1.807, 2.05) is 25.1 Å². The molecule has 1 aromatic rings. The zero-order valence-corrected chi connectivity index (χ0v) is 7.72. The Kier molecular flexibility index (Phi) is 2.54. The average Bonchev–Trinajstić information content (AvgIpc) is 2.03. The van der Waals surface area contributed by atoms with Gasteiger partial charge in [0.25, 0.3) is 0 Å². The summed E-state index contributed by atoms with van der Waals surface area (Å²) in [5, 5.41) is 0. The van der Waals surface area contributed by atoms with Gasteiger partial charge in [0.05, 0.1) is 0 Å². The molecule has 0 radical (unpaired) electrons. The second-order valence-corrected chi connectivity index (χ2v) is 3.05. The summed E-state index contributed by atoms with van der Waals surface area (Å²) in [6.45, 7) is 8.07. The number of benzene rings is 1. The minimum Gasteiger partial charge on any atom is -0.399 e. The Bertz CT molecular complexity index is 300. The third-order valence-corrected chi connectivity index (χ3v) is 1.97. The maximum absolute atomic E-state index is 5.67. The van der Waals surface area contributed by atoms with Crippen molar-refractivity contribution >= 4 is 11.3 Å². The van der Waals surface area contributed by atoms with E-state index in [0.717, 1.165) is 17.7 Å². The minimum atomic E-state index is 0.830. The SMILES string of the molecule is C=C(C)c1ccc(N)cc1CC. The van der Waals surface area contributed by atoms with Gasteiger partial charge in [-0.05, 0) is 36.6 Å². The topological polar surface area (TPSA) is 26.0 Å². The highest BCUT2D eigenvalue weighted by atomic mass is 14.5. The molecule has 12 heavy (non-hydrogen) atoms. The molecule has 0 unspecified atom stereocenters. The molecule has 1 heteroatoms. The molecule has 0 aliphatic heterocycles. The van der Waals surface area contributed by atoms with Crippen molar-refractivity contribution in [3.8, 4) is 0 Å². The summed E-state index contributed by atoms with van der Waals surface area (Å²) in [7, 11) is 0. The van der Waals surface area contributed by atoms with Gasteiger partial charge in [-0.3, -0.25) is 0 Å². The first-order valence-corrected chi connectivity index (χ1v) is 4.19. The van der Waals surface area contributed by atoms with Crippen LogP contribution in [0.15, 0.2) is 24.8 Å². The first kappa shape index (κ1) is 8.85. The summed E-state index contributed by atoms with van der Waals surface area (Å²) < 4.78 is 0. The Hall–Kier alpha value is -1.24. The number of aryl methyl sites for hydroxylation is 1. The van der Waals surface area contributed by atoms with Crippen molar-refractivity contribution in [2.75, 3.05) is 5.73 Å². The van der Waals surface area contributed by atoms with Crippen molar-refractivity contribution < 1.29 is 0 Å². The quantitative estimate of drug-likeness (QED) is 0.663. The van der Waals surface area contributed by atoms with Gasteiger partial charge in [-0.1, -0.05) is 25.1 Å². The van der Waals surface area contributed by atoms with E-state index in [2.05, 4.69) is 13.5 Å². The van der Waals surface area contributed by atoms with Gasteiger partial charge in [0, 0.05) is 5.69 Å². The Morgan fingerprint density at radius 3 is 2.67 bits per heavy atom. The van der Waals surface area contributed by atoms with E-state index in [0.29, 0.717) is 0 Å². The molecule has 2 N–H and O–H groups in total. The third kappa shape index (κ3) is 1.67. The van der Waals surface area contributed by atoms with Crippen LogP contribution in [0.2, 0.25) is 0 Å².